The van der Waals surface area contributed by atoms with Crippen molar-refractivity contribution in [1.82, 2.24) is 0 Å². The van der Waals surface area contributed by atoms with E-state index in [4.69, 9.17) is 9.47 Å². The van der Waals surface area contributed by atoms with Crippen molar-refractivity contribution >= 4 is 11.9 Å². The van der Waals surface area contributed by atoms with E-state index in [1.165, 1.54) is 13.8 Å². The first-order chi connectivity index (χ1) is 13.5. The van der Waals surface area contributed by atoms with E-state index >= 15 is 0 Å². The van der Waals surface area contributed by atoms with Gasteiger partial charge in [-0.2, -0.15) is 0 Å². The topological polar surface area (TPSA) is 52.6 Å². The average molecular weight is 374 g/mol. The number of carbonyl (C=O) groups excluding carboxylic acids is 2. The molecule has 0 aliphatic carbocycles. The first-order valence-corrected chi connectivity index (χ1v) is 9.07. The molecule has 1 atom stereocenters. The van der Waals surface area contributed by atoms with Crippen molar-refractivity contribution in [3.63, 3.8) is 0 Å². The molecule has 0 saturated heterocycles. The number of hydrogen-bond acceptors (Lipinski definition) is 4. The lowest BCUT2D eigenvalue weighted by atomic mass is 9.78. The van der Waals surface area contributed by atoms with Crippen molar-refractivity contribution in [1.29, 1.82) is 0 Å². The lowest BCUT2D eigenvalue weighted by Gasteiger charge is -2.40. The van der Waals surface area contributed by atoms with Crippen LogP contribution in [0.2, 0.25) is 0 Å². The van der Waals surface area contributed by atoms with Crippen LogP contribution >= 0.6 is 0 Å². The number of carbonyl (C=O) groups is 2. The summed E-state index contributed by atoms with van der Waals surface area (Å²) in [6, 6.07) is 28.0. The van der Waals surface area contributed by atoms with Crippen LogP contribution in [-0.4, -0.2) is 11.9 Å². The monoisotopic (exact) mass is 374 g/mol. The summed E-state index contributed by atoms with van der Waals surface area (Å²) in [7, 11) is 0. The van der Waals surface area contributed by atoms with Crippen LogP contribution < -0.4 is 0 Å². The molecule has 0 bridgehead atoms. The van der Waals surface area contributed by atoms with Crippen LogP contribution in [0.5, 0.6) is 0 Å². The molecule has 3 rings (SSSR count). The normalized spacial score (nSPS) is 12.1. The molecule has 0 aliphatic rings. The summed E-state index contributed by atoms with van der Waals surface area (Å²) in [5, 5.41) is 0. The average Bonchev–Trinajstić information content (AvgIpc) is 2.72. The van der Waals surface area contributed by atoms with Crippen molar-refractivity contribution in [3.8, 4) is 0 Å². The third-order valence-corrected chi connectivity index (χ3v) is 4.47. The molecule has 0 heterocycles. The Morgan fingerprint density at radius 3 is 1.50 bits per heavy atom. The number of ether oxygens (including phenoxy) is 2. The molecular formula is C24H22O4. The Kier molecular flexibility index (Phi) is 5.90. The highest BCUT2D eigenvalue weighted by atomic mass is 16.6. The van der Waals surface area contributed by atoms with Gasteiger partial charge in [-0.3, -0.25) is 9.59 Å². The second-order valence-electron chi connectivity index (χ2n) is 6.46. The number of hydrogen-bond donors (Lipinski definition) is 0. The predicted molar refractivity (Wildman–Crippen MR) is 106 cm³/mol. The Hall–Kier alpha value is -3.40. The maximum absolute atomic E-state index is 12.3. The molecule has 28 heavy (non-hydrogen) atoms. The molecule has 4 nitrogen and oxygen atoms in total. The smallest absolute Gasteiger partial charge is 0.304 e. The van der Waals surface area contributed by atoms with Crippen LogP contribution in [0.4, 0.5) is 0 Å². The minimum atomic E-state index is -1.33. The second-order valence-corrected chi connectivity index (χ2v) is 6.46. The highest BCUT2D eigenvalue weighted by Crippen LogP contribution is 2.46. The van der Waals surface area contributed by atoms with E-state index in [-0.39, 0.29) is 0 Å². The van der Waals surface area contributed by atoms with Crippen molar-refractivity contribution in [2.75, 3.05) is 0 Å². The highest BCUT2D eigenvalue weighted by Gasteiger charge is 2.48. The summed E-state index contributed by atoms with van der Waals surface area (Å²) in [5.74, 6) is -0.932. The molecule has 1 unspecified atom stereocenters. The molecule has 0 spiro atoms. The van der Waals surface area contributed by atoms with Crippen LogP contribution in [0.3, 0.4) is 0 Å². The largest absolute Gasteiger partial charge is 0.453 e. The summed E-state index contributed by atoms with van der Waals surface area (Å²) < 4.78 is 11.8. The van der Waals surface area contributed by atoms with Crippen molar-refractivity contribution in [2.45, 2.75) is 25.6 Å². The number of esters is 2. The zero-order valence-electron chi connectivity index (χ0n) is 15.9. The van der Waals surface area contributed by atoms with Gasteiger partial charge in [0.05, 0.1) is 0 Å². The minimum Gasteiger partial charge on any atom is -0.453 e. The van der Waals surface area contributed by atoms with Gasteiger partial charge in [0.2, 0.25) is 5.60 Å². The Morgan fingerprint density at radius 2 is 1.11 bits per heavy atom. The fourth-order valence-electron chi connectivity index (χ4n) is 3.42. The quantitative estimate of drug-likeness (QED) is 0.582. The second kappa shape index (κ2) is 8.53. The molecule has 0 saturated carbocycles. The van der Waals surface area contributed by atoms with Gasteiger partial charge in [-0.05, 0) is 5.56 Å². The standard InChI is InChI=1S/C24H22O4/c1-18(25)27-23(20-12-6-3-7-13-20)24(28-19(2)26,21-14-8-4-9-15-21)22-16-10-5-11-17-22/h3-17,23H,1-2H3. The molecule has 0 aromatic heterocycles. The molecular weight excluding hydrogens is 352 g/mol. The van der Waals surface area contributed by atoms with E-state index in [0.29, 0.717) is 11.1 Å². The molecule has 3 aromatic carbocycles. The third-order valence-electron chi connectivity index (χ3n) is 4.47. The molecule has 0 radical (unpaired) electrons. The first kappa shape index (κ1) is 19.4. The lowest BCUT2D eigenvalue weighted by molar-refractivity contribution is -0.180. The van der Waals surface area contributed by atoms with Crippen molar-refractivity contribution in [3.05, 3.63) is 108 Å². The Bertz CT molecular complexity index is 881. The SMILES string of the molecule is CC(=O)OC(c1ccccc1)C(OC(C)=O)(c1ccccc1)c1ccccc1. The molecule has 0 amide bonds. The zero-order valence-corrected chi connectivity index (χ0v) is 15.9. The molecule has 3 aromatic rings. The Balaban J connectivity index is 2.34. The van der Waals surface area contributed by atoms with E-state index < -0.39 is 23.6 Å². The van der Waals surface area contributed by atoms with E-state index in [9.17, 15) is 9.59 Å². The highest BCUT2D eigenvalue weighted by molar-refractivity contribution is 5.69. The number of rotatable bonds is 6. The molecule has 0 N–H and O–H groups in total. The van der Waals surface area contributed by atoms with Crippen LogP contribution in [0.1, 0.15) is 36.6 Å². The van der Waals surface area contributed by atoms with Gasteiger partial charge >= 0.3 is 11.9 Å². The fourth-order valence-corrected chi connectivity index (χ4v) is 3.42. The maximum Gasteiger partial charge on any atom is 0.304 e. The number of benzene rings is 3. The van der Waals surface area contributed by atoms with E-state index in [1.54, 1.807) is 0 Å². The van der Waals surface area contributed by atoms with Gasteiger partial charge in [0.15, 0.2) is 6.10 Å². The summed E-state index contributed by atoms with van der Waals surface area (Å²) in [6.07, 6.45) is -0.861. The van der Waals surface area contributed by atoms with E-state index in [1.807, 2.05) is 91.0 Å². The molecule has 0 aliphatic heterocycles. The van der Waals surface area contributed by atoms with E-state index in [0.717, 1.165) is 5.56 Å². The minimum absolute atomic E-state index is 0.461. The van der Waals surface area contributed by atoms with Crippen molar-refractivity contribution in [2.24, 2.45) is 0 Å². The van der Waals surface area contributed by atoms with E-state index in [2.05, 4.69) is 0 Å². The lowest BCUT2D eigenvalue weighted by Crippen LogP contribution is -2.41. The Morgan fingerprint density at radius 1 is 0.679 bits per heavy atom. The van der Waals surface area contributed by atoms with Gasteiger partial charge in [0, 0.05) is 25.0 Å². The van der Waals surface area contributed by atoms with Crippen molar-refractivity contribution < 1.29 is 19.1 Å². The molecule has 0 fully saturated rings. The third kappa shape index (κ3) is 3.96. The zero-order chi connectivity index (χ0) is 20.0. The van der Waals surface area contributed by atoms with Gasteiger partial charge in [-0.25, -0.2) is 0 Å². The van der Waals surface area contributed by atoms with Gasteiger partial charge in [0.25, 0.3) is 0 Å². The van der Waals surface area contributed by atoms with Crippen LogP contribution in [0, 0.1) is 0 Å². The first-order valence-electron chi connectivity index (χ1n) is 9.07. The van der Waals surface area contributed by atoms with Gasteiger partial charge in [0.1, 0.15) is 0 Å². The maximum atomic E-state index is 12.3. The summed E-state index contributed by atoms with van der Waals surface area (Å²) in [5.41, 5.74) is 0.825. The van der Waals surface area contributed by atoms with Crippen LogP contribution in [0.15, 0.2) is 91.0 Å². The summed E-state index contributed by atoms with van der Waals surface area (Å²) in [4.78, 5) is 24.3. The Labute approximate surface area is 164 Å². The molecule has 142 valence electrons. The molecule has 4 heteroatoms. The summed E-state index contributed by atoms with van der Waals surface area (Å²) in [6.45, 7) is 2.71. The van der Waals surface area contributed by atoms with Crippen LogP contribution in [-0.2, 0) is 24.7 Å². The summed E-state index contributed by atoms with van der Waals surface area (Å²) >= 11 is 0. The van der Waals surface area contributed by atoms with Gasteiger partial charge < -0.3 is 9.47 Å². The predicted octanol–water partition coefficient (Wildman–Crippen LogP) is 4.80. The fraction of sp³-hybridized carbons (Fsp3) is 0.167. The van der Waals surface area contributed by atoms with Gasteiger partial charge in [-0.1, -0.05) is 91.0 Å². The van der Waals surface area contributed by atoms with Crippen LogP contribution in [0.25, 0.3) is 0 Å². The van der Waals surface area contributed by atoms with Gasteiger partial charge in [-0.15, -0.1) is 0 Å².